The minimum atomic E-state index is 0.569. The molecule has 1 aromatic carbocycles. The topological polar surface area (TPSA) is 53.6 Å². The molecule has 3 heterocycles. The number of fused-ring (bicyclic) bond motifs is 1. The first-order valence-electron chi connectivity index (χ1n) is 8.23. The van der Waals surface area contributed by atoms with Crippen LogP contribution in [0.25, 0.3) is 11.0 Å². The Bertz CT molecular complexity index is 1040. The van der Waals surface area contributed by atoms with Crippen molar-refractivity contribution in [2.75, 3.05) is 5.32 Å². The number of hydrogen-bond acceptors (Lipinski definition) is 3. The number of halogens is 2. The number of H-pyrrole nitrogens is 1. The fraction of sp³-hybridized carbons (Fsp3) is 0.100. The van der Waals surface area contributed by atoms with E-state index < -0.39 is 0 Å². The number of anilines is 1. The van der Waals surface area contributed by atoms with Crippen LogP contribution in [0.5, 0.6) is 0 Å². The van der Waals surface area contributed by atoms with Crippen molar-refractivity contribution in [3.8, 4) is 0 Å². The van der Waals surface area contributed by atoms with Crippen molar-refractivity contribution in [1.82, 2.24) is 15.0 Å². The Balaban J connectivity index is 1.44. The summed E-state index contributed by atoms with van der Waals surface area (Å²) in [5.41, 5.74) is 4.20. The summed E-state index contributed by atoms with van der Waals surface area (Å²) in [6.07, 6.45) is 6.48. The number of aromatic nitrogens is 3. The van der Waals surface area contributed by atoms with Crippen LogP contribution >= 0.6 is 23.2 Å². The molecule has 0 aliphatic carbocycles. The second-order valence-corrected chi connectivity index (χ2v) is 6.87. The van der Waals surface area contributed by atoms with Crippen molar-refractivity contribution in [1.29, 1.82) is 0 Å². The maximum atomic E-state index is 6.19. The monoisotopic (exact) mass is 382 g/mol. The predicted molar refractivity (Wildman–Crippen MR) is 107 cm³/mol. The fourth-order valence-electron chi connectivity index (χ4n) is 2.88. The third-order valence-corrected chi connectivity index (χ3v) is 4.83. The molecular formula is C20H16Cl2N4. The lowest BCUT2D eigenvalue weighted by Gasteiger charge is -2.08. The molecule has 0 amide bonds. The van der Waals surface area contributed by atoms with Gasteiger partial charge in [0, 0.05) is 47.0 Å². The SMILES string of the molecule is Clc1ccc(Cl)c(CNc2ccc(Cc3c[nH]c4ncccc34)cn2)c1. The Morgan fingerprint density at radius 3 is 2.77 bits per heavy atom. The third-order valence-electron chi connectivity index (χ3n) is 4.22. The molecule has 4 aromatic rings. The minimum Gasteiger partial charge on any atom is -0.366 e. The van der Waals surface area contributed by atoms with Crippen molar-refractivity contribution in [3.05, 3.63) is 87.8 Å². The quantitative estimate of drug-likeness (QED) is 0.481. The second kappa shape index (κ2) is 7.36. The van der Waals surface area contributed by atoms with Crippen LogP contribution in [0.1, 0.15) is 16.7 Å². The summed E-state index contributed by atoms with van der Waals surface area (Å²) >= 11 is 12.2. The average Bonchev–Trinajstić information content (AvgIpc) is 3.07. The second-order valence-electron chi connectivity index (χ2n) is 6.03. The van der Waals surface area contributed by atoms with Gasteiger partial charge in [-0.15, -0.1) is 0 Å². The number of hydrogen-bond donors (Lipinski definition) is 2. The highest BCUT2D eigenvalue weighted by Gasteiger charge is 2.06. The molecule has 3 aromatic heterocycles. The van der Waals surface area contributed by atoms with Gasteiger partial charge in [0.15, 0.2) is 0 Å². The van der Waals surface area contributed by atoms with Crippen LogP contribution in [0.4, 0.5) is 5.82 Å². The Kier molecular flexibility index (Phi) is 4.78. The lowest BCUT2D eigenvalue weighted by atomic mass is 10.1. The van der Waals surface area contributed by atoms with E-state index in [1.54, 1.807) is 18.3 Å². The summed E-state index contributed by atoms with van der Waals surface area (Å²) in [4.78, 5) is 12.0. The molecule has 0 unspecified atom stereocenters. The largest absolute Gasteiger partial charge is 0.366 e. The molecule has 0 spiro atoms. The zero-order valence-electron chi connectivity index (χ0n) is 13.8. The Morgan fingerprint density at radius 2 is 1.92 bits per heavy atom. The lowest BCUT2D eigenvalue weighted by molar-refractivity contribution is 1.09. The van der Waals surface area contributed by atoms with Crippen LogP contribution in [0.3, 0.4) is 0 Å². The van der Waals surface area contributed by atoms with Gasteiger partial charge >= 0.3 is 0 Å². The molecule has 0 aliphatic rings. The van der Waals surface area contributed by atoms with E-state index in [9.17, 15) is 0 Å². The maximum Gasteiger partial charge on any atom is 0.137 e. The molecule has 0 saturated carbocycles. The van der Waals surface area contributed by atoms with Crippen LogP contribution < -0.4 is 5.32 Å². The Labute approximate surface area is 161 Å². The van der Waals surface area contributed by atoms with E-state index in [2.05, 4.69) is 32.4 Å². The van der Waals surface area contributed by atoms with Gasteiger partial charge < -0.3 is 10.3 Å². The molecular weight excluding hydrogens is 367 g/mol. The number of nitrogens with one attached hydrogen (secondary N) is 2. The highest BCUT2D eigenvalue weighted by molar-refractivity contribution is 6.33. The van der Waals surface area contributed by atoms with Gasteiger partial charge in [0.1, 0.15) is 11.5 Å². The zero-order valence-corrected chi connectivity index (χ0v) is 15.3. The average molecular weight is 383 g/mol. The highest BCUT2D eigenvalue weighted by Crippen LogP contribution is 2.22. The first-order valence-corrected chi connectivity index (χ1v) is 8.98. The van der Waals surface area contributed by atoms with Crippen LogP contribution in [0.15, 0.2) is 61.1 Å². The molecule has 4 rings (SSSR count). The molecule has 0 aliphatic heterocycles. The number of pyridine rings is 2. The molecule has 0 fully saturated rings. The third kappa shape index (κ3) is 3.66. The van der Waals surface area contributed by atoms with E-state index in [1.165, 1.54) is 5.56 Å². The summed E-state index contributed by atoms with van der Waals surface area (Å²) in [6, 6.07) is 13.5. The standard InChI is InChI=1S/C20H16Cl2N4/c21-16-4-5-18(22)15(9-16)12-25-19-6-3-13(10-24-19)8-14-11-26-20-17(14)2-1-7-23-20/h1-7,9-11H,8,12H2,(H,23,26)(H,24,25). The first kappa shape index (κ1) is 16.9. The summed E-state index contributed by atoms with van der Waals surface area (Å²) < 4.78 is 0. The van der Waals surface area contributed by atoms with Gasteiger partial charge in [-0.25, -0.2) is 9.97 Å². The van der Waals surface area contributed by atoms with Crippen molar-refractivity contribution in [2.24, 2.45) is 0 Å². The summed E-state index contributed by atoms with van der Waals surface area (Å²) in [5, 5.41) is 5.77. The smallest absolute Gasteiger partial charge is 0.137 e. The lowest BCUT2D eigenvalue weighted by Crippen LogP contribution is -2.02. The zero-order chi connectivity index (χ0) is 17.9. The van der Waals surface area contributed by atoms with Crippen LogP contribution in [-0.2, 0) is 13.0 Å². The molecule has 0 atom stereocenters. The van der Waals surface area contributed by atoms with Gasteiger partial charge in [0.25, 0.3) is 0 Å². The molecule has 4 nitrogen and oxygen atoms in total. The summed E-state index contributed by atoms with van der Waals surface area (Å²) in [7, 11) is 0. The van der Waals surface area contributed by atoms with Crippen molar-refractivity contribution in [3.63, 3.8) is 0 Å². The van der Waals surface area contributed by atoms with Gasteiger partial charge in [0.2, 0.25) is 0 Å². The molecule has 130 valence electrons. The minimum absolute atomic E-state index is 0.569. The van der Waals surface area contributed by atoms with E-state index in [1.807, 2.05) is 30.6 Å². The maximum absolute atomic E-state index is 6.19. The Morgan fingerprint density at radius 1 is 1.00 bits per heavy atom. The molecule has 0 saturated heterocycles. The van der Waals surface area contributed by atoms with Gasteiger partial charge in [0.05, 0.1) is 0 Å². The van der Waals surface area contributed by atoms with Crippen molar-refractivity contribution in [2.45, 2.75) is 13.0 Å². The summed E-state index contributed by atoms with van der Waals surface area (Å²) in [5.74, 6) is 0.797. The van der Waals surface area contributed by atoms with Crippen molar-refractivity contribution < 1.29 is 0 Å². The van der Waals surface area contributed by atoms with Gasteiger partial charge in [-0.05, 0) is 53.1 Å². The van der Waals surface area contributed by atoms with E-state index >= 15 is 0 Å². The fourth-order valence-corrected chi connectivity index (χ4v) is 3.26. The normalized spacial score (nSPS) is 11.0. The van der Waals surface area contributed by atoms with E-state index in [0.29, 0.717) is 16.6 Å². The van der Waals surface area contributed by atoms with Crippen LogP contribution in [0, 0.1) is 0 Å². The first-order chi connectivity index (χ1) is 12.7. The molecule has 0 radical (unpaired) electrons. The molecule has 0 bridgehead atoms. The number of aromatic amines is 1. The molecule has 6 heteroatoms. The van der Waals surface area contributed by atoms with Crippen molar-refractivity contribution >= 4 is 40.1 Å². The van der Waals surface area contributed by atoms with E-state index in [4.69, 9.17) is 23.2 Å². The number of benzene rings is 1. The highest BCUT2D eigenvalue weighted by atomic mass is 35.5. The van der Waals surface area contributed by atoms with Gasteiger partial charge in [-0.2, -0.15) is 0 Å². The van der Waals surface area contributed by atoms with Gasteiger partial charge in [-0.1, -0.05) is 29.3 Å². The Hall–Kier alpha value is -2.56. The van der Waals surface area contributed by atoms with Gasteiger partial charge in [-0.3, -0.25) is 0 Å². The van der Waals surface area contributed by atoms with E-state index in [0.717, 1.165) is 34.4 Å². The van der Waals surface area contributed by atoms with Crippen LogP contribution in [-0.4, -0.2) is 15.0 Å². The predicted octanol–water partition coefficient (Wildman–Crippen LogP) is 5.47. The summed E-state index contributed by atoms with van der Waals surface area (Å²) in [6.45, 7) is 0.569. The van der Waals surface area contributed by atoms with Crippen LogP contribution in [0.2, 0.25) is 10.0 Å². The number of nitrogens with zero attached hydrogens (tertiary/aromatic N) is 2. The van der Waals surface area contributed by atoms with E-state index in [-0.39, 0.29) is 0 Å². The number of rotatable bonds is 5. The molecule has 26 heavy (non-hydrogen) atoms. The molecule has 2 N–H and O–H groups in total.